The van der Waals surface area contributed by atoms with Crippen molar-refractivity contribution in [2.24, 2.45) is 0 Å². The highest BCUT2D eigenvalue weighted by molar-refractivity contribution is 7.92. The Balaban J connectivity index is 1.78. The maximum Gasteiger partial charge on any atom is 0.321 e. The van der Waals surface area contributed by atoms with Crippen LogP contribution in [0.4, 0.5) is 0 Å². The Morgan fingerprint density at radius 1 is 1.16 bits per heavy atom. The molecule has 132 valence electrons. The van der Waals surface area contributed by atoms with Crippen molar-refractivity contribution in [3.63, 3.8) is 0 Å². The van der Waals surface area contributed by atoms with Gasteiger partial charge in [0.15, 0.2) is 6.61 Å². The first-order valence-electron chi connectivity index (χ1n) is 7.34. The molecular weight excluding hydrogens is 362 g/mol. The van der Waals surface area contributed by atoms with E-state index in [4.69, 9.17) is 4.74 Å². The highest BCUT2D eigenvalue weighted by Crippen LogP contribution is 2.15. The quantitative estimate of drug-likeness (QED) is 0.562. The number of nitrogens with one attached hydrogen (secondary N) is 1. The van der Waals surface area contributed by atoms with Gasteiger partial charge in [0.05, 0.1) is 4.88 Å². The van der Waals surface area contributed by atoms with E-state index in [0.717, 1.165) is 10.3 Å². The van der Waals surface area contributed by atoms with E-state index >= 15 is 0 Å². The first kappa shape index (κ1) is 19.0. The lowest BCUT2D eigenvalue weighted by molar-refractivity contribution is -0.141. The molecule has 0 aliphatic carbocycles. The van der Waals surface area contributed by atoms with E-state index in [1.54, 1.807) is 36.4 Å². The molecule has 1 aromatic heterocycles. The van der Waals surface area contributed by atoms with Gasteiger partial charge in [0.1, 0.15) is 6.54 Å². The van der Waals surface area contributed by atoms with Gasteiger partial charge in [-0.15, -0.1) is 11.3 Å². The number of thiophene rings is 1. The molecule has 0 unspecified atom stereocenters. The third-order valence-electron chi connectivity index (χ3n) is 3.04. The Labute approximate surface area is 150 Å². The van der Waals surface area contributed by atoms with E-state index in [-0.39, 0.29) is 5.78 Å². The zero-order valence-corrected chi connectivity index (χ0v) is 15.1. The summed E-state index contributed by atoms with van der Waals surface area (Å²) in [5.41, 5.74) is 0.715. The second-order valence-electron chi connectivity index (χ2n) is 5.07. The molecule has 0 fully saturated rings. The Hall–Kier alpha value is -2.29. The van der Waals surface area contributed by atoms with E-state index in [0.29, 0.717) is 10.4 Å². The van der Waals surface area contributed by atoms with Gasteiger partial charge in [-0.2, -0.15) is 0 Å². The summed E-state index contributed by atoms with van der Waals surface area (Å²) in [6, 6.07) is 12.3. The molecule has 0 aliphatic rings. The summed E-state index contributed by atoms with van der Waals surface area (Å²) >= 11 is 1.31. The van der Waals surface area contributed by atoms with Crippen LogP contribution in [0.5, 0.6) is 0 Å². The molecule has 0 spiro atoms. The van der Waals surface area contributed by atoms with Gasteiger partial charge < -0.3 is 4.74 Å². The summed E-state index contributed by atoms with van der Waals surface area (Å²) in [5, 5.41) is 0.967. The van der Waals surface area contributed by atoms with Crippen LogP contribution in [0, 0.1) is 6.92 Å². The van der Waals surface area contributed by atoms with E-state index in [9.17, 15) is 18.0 Å². The smallest absolute Gasteiger partial charge is 0.321 e. The van der Waals surface area contributed by atoms with Gasteiger partial charge in [-0.1, -0.05) is 30.3 Å². The molecule has 8 heteroatoms. The van der Waals surface area contributed by atoms with E-state index in [1.807, 2.05) is 13.0 Å². The van der Waals surface area contributed by atoms with Gasteiger partial charge >= 0.3 is 5.97 Å². The minimum atomic E-state index is -3.78. The molecule has 0 aliphatic heterocycles. The molecule has 1 heterocycles. The molecule has 0 bridgehead atoms. The van der Waals surface area contributed by atoms with Crippen LogP contribution in [0.25, 0.3) is 6.08 Å². The number of hydrogen-bond donors (Lipinski definition) is 1. The summed E-state index contributed by atoms with van der Waals surface area (Å²) in [7, 11) is -3.78. The standard InChI is InChI=1S/C17H17NO5S2/c1-13-7-8-16(24-13)15(19)12-23-17(20)11-18-25(21,22)10-9-14-5-3-2-4-6-14/h2-10,18H,11-12H2,1H3/b10-9+. The van der Waals surface area contributed by atoms with Crippen LogP contribution >= 0.6 is 11.3 Å². The fourth-order valence-electron chi connectivity index (χ4n) is 1.79. The van der Waals surface area contributed by atoms with Crippen molar-refractivity contribution in [3.8, 4) is 0 Å². The summed E-state index contributed by atoms with van der Waals surface area (Å²) in [6.45, 7) is 0.907. The number of aryl methyl sites for hydroxylation is 1. The molecule has 0 saturated heterocycles. The number of carbonyl (C=O) groups is 2. The first-order chi connectivity index (χ1) is 11.9. The maximum atomic E-state index is 11.8. The molecule has 2 aromatic rings. The Morgan fingerprint density at radius 3 is 2.52 bits per heavy atom. The summed E-state index contributed by atoms with van der Waals surface area (Å²) in [5.74, 6) is -1.14. The average molecular weight is 379 g/mol. The minimum absolute atomic E-state index is 0.321. The third-order valence-corrected chi connectivity index (χ3v) is 5.12. The summed E-state index contributed by atoms with van der Waals surface area (Å²) in [4.78, 5) is 24.9. The minimum Gasteiger partial charge on any atom is -0.456 e. The molecule has 2 rings (SSSR count). The predicted octanol–water partition coefficient (Wildman–Crippen LogP) is 2.37. The monoisotopic (exact) mass is 379 g/mol. The fourth-order valence-corrected chi connectivity index (χ4v) is 3.34. The number of esters is 1. The number of rotatable bonds is 8. The van der Waals surface area contributed by atoms with E-state index in [2.05, 4.69) is 4.72 Å². The molecule has 1 N–H and O–H groups in total. The predicted molar refractivity (Wildman–Crippen MR) is 96.7 cm³/mol. The van der Waals surface area contributed by atoms with E-state index in [1.165, 1.54) is 17.4 Å². The lowest BCUT2D eigenvalue weighted by Gasteiger charge is -2.04. The van der Waals surface area contributed by atoms with Crippen molar-refractivity contribution < 1.29 is 22.7 Å². The molecule has 6 nitrogen and oxygen atoms in total. The highest BCUT2D eigenvalue weighted by Gasteiger charge is 2.13. The molecule has 25 heavy (non-hydrogen) atoms. The average Bonchev–Trinajstić information content (AvgIpc) is 3.04. The number of sulfonamides is 1. The first-order valence-corrected chi connectivity index (χ1v) is 9.70. The van der Waals surface area contributed by atoms with Crippen molar-refractivity contribution in [2.75, 3.05) is 13.2 Å². The van der Waals surface area contributed by atoms with Gasteiger partial charge in [-0.3, -0.25) is 9.59 Å². The molecule has 0 amide bonds. The van der Waals surface area contributed by atoms with Crippen molar-refractivity contribution in [3.05, 3.63) is 63.2 Å². The van der Waals surface area contributed by atoms with Crippen molar-refractivity contribution in [2.45, 2.75) is 6.92 Å². The fraction of sp³-hybridized carbons (Fsp3) is 0.176. The maximum absolute atomic E-state index is 11.8. The van der Waals surface area contributed by atoms with Gasteiger partial charge in [0.25, 0.3) is 0 Å². The topological polar surface area (TPSA) is 89.5 Å². The van der Waals surface area contributed by atoms with Crippen LogP contribution in [0.15, 0.2) is 47.9 Å². The SMILES string of the molecule is Cc1ccc(C(=O)COC(=O)CNS(=O)(=O)/C=C/c2ccccc2)s1. The number of hydrogen-bond acceptors (Lipinski definition) is 6. The number of ether oxygens (including phenoxy) is 1. The van der Waals surface area contributed by atoms with Gasteiger partial charge in [0.2, 0.25) is 15.8 Å². The molecular formula is C17H17NO5S2. The van der Waals surface area contributed by atoms with E-state index < -0.39 is 29.1 Å². The second-order valence-corrected chi connectivity index (χ2v) is 8.01. The lowest BCUT2D eigenvalue weighted by atomic mass is 10.2. The zero-order valence-electron chi connectivity index (χ0n) is 13.5. The number of benzene rings is 1. The third kappa shape index (κ3) is 6.61. The van der Waals surface area contributed by atoms with Gasteiger partial charge in [-0.25, -0.2) is 13.1 Å². The van der Waals surface area contributed by atoms with Gasteiger partial charge in [0, 0.05) is 10.3 Å². The van der Waals surface area contributed by atoms with Crippen molar-refractivity contribution >= 4 is 39.2 Å². The van der Waals surface area contributed by atoms with Crippen LogP contribution in [-0.2, 0) is 19.6 Å². The van der Waals surface area contributed by atoms with Crippen LogP contribution in [0.2, 0.25) is 0 Å². The molecule has 0 atom stereocenters. The lowest BCUT2D eigenvalue weighted by Crippen LogP contribution is -2.30. The zero-order chi connectivity index (χ0) is 18.3. The number of ketones is 1. The number of Topliss-reactive ketones (excluding diaryl/α,β-unsaturated/α-hetero) is 1. The van der Waals surface area contributed by atoms with Crippen molar-refractivity contribution in [1.82, 2.24) is 4.72 Å². The molecule has 0 saturated carbocycles. The Bertz CT molecular complexity index is 869. The summed E-state index contributed by atoms with van der Waals surface area (Å²) in [6.07, 6.45) is 1.41. The Kier molecular flexibility index (Phi) is 6.63. The van der Waals surface area contributed by atoms with Crippen LogP contribution in [-0.4, -0.2) is 33.3 Å². The molecule has 0 radical (unpaired) electrons. The van der Waals surface area contributed by atoms with Crippen LogP contribution in [0.1, 0.15) is 20.1 Å². The Morgan fingerprint density at radius 2 is 1.88 bits per heavy atom. The van der Waals surface area contributed by atoms with Crippen molar-refractivity contribution in [1.29, 1.82) is 0 Å². The normalized spacial score (nSPS) is 11.6. The summed E-state index contributed by atoms with van der Waals surface area (Å²) < 4.78 is 30.5. The number of carbonyl (C=O) groups excluding carboxylic acids is 2. The highest BCUT2D eigenvalue weighted by atomic mass is 32.2. The van der Waals surface area contributed by atoms with Gasteiger partial charge in [-0.05, 0) is 30.7 Å². The van der Waals surface area contributed by atoms with Crippen LogP contribution < -0.4 is 4.72 Å². The van der Waals surface area contributed by atoms with Crippen LogP contribution in [0.3, 0.4) is 0 Å². The largest absolute Gasteiger partial charge is 0.456 e. The second kappa shape index (κ2) is 8.70. The molecule has 1 aromatic carbocycles.